The van der Waals surface area contributed by atoms with Crippen molar-refractivity contribution in [1.29, 1.82) is 0 Å². The maximum Gasteiger partial charge on any atom is 0.353 e. The van der Waals surface area contributed by atoms with Gasteiger partial charge >= 0.3 is 17.7 Å². The normalized spacial score (nSPS) is 17.0. The van der Waals surface area contributed by atoms with Gasteiger partial charge in [-0.15, -0.1) is 5.10 Å². The highest BCUT2D eigenvalue weighted by atomic mass is 35.5. The Morgan fingerprint density at radius 3 is 2.34 bits per heavy atom. The fourth-order valence-electron chi connectivity index (χ4n) is 9.21. The Balaban J connectivity index is 0.996. The summed E-state index contributed by atoms with van der Waals surface area (Å²) >= 11 is 6.49. The van der Waals surface area contributed by atoms with E-state index >= 15 is 0 Å². The zero-order valence-corrected chi connectivity index (χ0v) is 36.4. The summed E-state index contributed by atoms with van der Waals surface area (Å²) in [4.78, 5) is 79.6. The predicted octanol–water partition coefficient (Wildman–Crippen LogP) is 6.91. The van der Waals surface area contributed by atoms with Crippen molar-refractivity contribution < 1.29 is 23.9 Å². The number of imide groups is 1. The number of pyridine rings is 2. The summed E-state index contributed by atoms with van der Waals surface area (Å²) < 4.78 is 8.19. The summed E-state index contributed by atoms with van der Waals surface area (Å²) in [5.74, 6) is -0.608. The Bertz CT molecular complexity index is 2850. The van der Waals surface area contributed by atoms with Crippen LogP contribution in [0.25, 0.3) is 27.9 Å². The standard InChI is InChI=1S/C48H46ClN9O6/c1-4-35-37(17-21-51-43(35)57-25-24-56(48(57)63)34-6-5-20-50-28-34)36-13-12-33(58-46(64-3)53-54(2)47(58)62)27-39(36)31-9-7-29(8-10-31)30-18-22-55(23-19-30)45(61)32-11-15-41(49)40(26-32)38-14-16-42(59)52-44(38)60/h5-13,15,17,20-21,26-28,30,38H,4,14,16,18-19,22-25H2,1-3H3,(H,52,59,60). The number of likely N-dealkylation sites (tertiary alicyclic amines) is 1. The number of urea groups is 1. The smallest absolute Gasteiger partial charge is 0.353 e. The highest BCUT2D eigenvalue weighted by molar-refractivity contribution is 6.32. The number of aryl methyl sites for hydroxylation is 1. The lowest BCUT2D eigenvalue weighted by molar-refractivity contribution is -0.134. The number of halogens is 1. The monoisotopic (exact) mass is 879 g/mol. The second kappa shape index (κ2) is 17.6. The van der Waals surface area contributed by atoms with Gasteiger partial charge < -0.3 is 9.64 Å². The molecule has 3 aliphatic rings. The van der Waals surface area contributed by atoms with Crippen LogP contribution in [0.3, 0.4) is 0 Å². The number of anilines is 2. The van der Waals surface area contributed by atoms with E-state index < -0.39 is 11.8 Å². The van der Waals surface area contributed by atoms with E-state index in [1.54, 1.807) is 53.6 Å². The van der Waals surface area contributed by atoms with Gasteiger partial charge in [-0.05, 0) is 114 Å². The third kappa shape index (κ3) is 7.80. The van der Waals surface area contributed by atoms with Gasteiger partial charge in [-0.2, -0.15) is 0 Å². The van der Waals surface area contributed by atoms with Gasteiger partial charge in [0.05, 0.1) is 30.6 Å². The lowest BCUT2D eigenvalue weighted by atomic mass is 9.86. The van der Waals surface area contributed by atoms with Crippen LogP contribution in [0.1, 0.15) is 71.5 Å². The van der Waals surface area contributed by atoms with Gasteiger partial charge in [-0.25, -0.2) is 23.8 Å². The predicted molar refractivity (Wildman–Crippen MR) is 242 cm³/mol. The average Bonchev–Trinajstić information content (AvgIpc) is 3.85. The average molecular weight is 880 g/mol. The number of methoxy groups -OCH3 is 1. The third-order valence-corrected chi connectivity index (χ3v) is 12.9. The molecule has 0 spiro atoms. The number of carbonyl (C=O) groups excluding carboxylic acids is 4. The quantitative estimate of drug-likeness (QED) is 0.144. The van der Waals surface area contributed by atoms with Crippen LogP contribution >= 0.6 is 11.6 Å². The zero-order valence-electron chi connectivity index (χ0n) is 35.7. The number of hydrogen-bond donors (Lipinski definition) is 1. The summed E-state index contributed by atoms with van der Waals surface area (Å²) in [6, 6.07) is 24.9. The van der Waals surface area contributed by atoms with Crippen LogP contribution < -0.4 is 25.5 Å². The minimum Gasteiger partial charge on any atom is -0.467 e. The number of nitrogens with zero attached hydrogens (tertiary/aromatic N) is 8. The molecule has 1 atom stereocenters. The van der Waals surface area contributed by atoms with E-state index in [1.165, 1.54) is 16.4 Å². The van der Waals surface area contributed by atoms with E-state index in [2.05, 4.69) is 46.6 Å². The van der Waals surface area contributed by atoms with Crippen molar-refractivity contribution in [2.45, 2.75) is 50.9 Å². The Hall–Kier alpha value is -7.13. The molecule has 3 aromatic carbocycles. The number of hydrogen-bond acceptors (Lipinski definition) is 9. The van der Waals surface area contributed by atoms with Crippen LogP contribution in [0.15, 0.2) is 102 Å². The molecule has 0 aliphatic carbocycles. The molecule has 1 N–H and O–H groups in total. The Kier molecular flexibility index (Phi) is 11.6. The third-order valence-electron chi connectivity index (χ3n) is 12.6. The second-order valence-corrected chi connectivity index (χ2v) is 16.6. The fourth-order valence-corrected chi connectivity index (χ4v) is 9.46. The second-order valence-electron chi connectivity index (χ2n) is 16.2. The molecular weight excluding hydrogens is 834 g/mol. The van der Waals surface area contributed by atoms with Crippen LogP contribution in [-0.4, -0.2) is 86.3 Å². The van der Waals surface area contributed by atoms with Crippen LogP contribution in [0.5, 0.6) is 6.01 Å². The zero-order chi connectivity index (χ0) is 44.6. The molecular formula is C48H46ClN9O6. The van der Waals surface area contributed by atoms with Crippen molar-refractivity contribution in [3.8, 4) is 34.0 Å². The van der Waals surface area contributed by atoms with Gasteiger partial charge in [0.25, 0.3) is 5.91 Å². The number of carbonyl (C=O) groups is 4. The van der Waals surface area contributed by atoms with Gasteiger partial charge in [0.15, 0.2) is 0 Å². The molecule has 0 bridgehead atoms. The Morgan fingerprint density at radius 1 is 0.844 bits per heavy atom. The van der Waals surface area contributed by atoms with Gasteiger partial charge in [0, 0.05) is 68.2 Å². The van der Waals surface area contributed by atoms with E-state index in [0.717, 1.165) is 51.9 Å². The molecule has 326 valence electrons. The molecule has 1 unspecified atom stereocenters. The van der Waals surface area contributed by atoms with Crippen LogP contribution in [0.2, 0.25) is 5.02 Å². The Labute approximate surface area is 374 Å². The SMILES string of the molecule is CCc1c(-c2ccc(-n3c(OC)nn(C)c3=O)cc2-c2ccc(C3CCN(C(=O)c4ccc(Cl)c(C5CCC(=O)NC5=O)c4)CC3)cc2)ccnc1N1CCN(c2cccnc2)C1=O. The van der Waals surface area contributed by atoms with E-state index in [1.807, 2.05) is 41.3 Å². The summed E-state index contributed by atoms with van der Waals surface area (Å²) in [6.07, 6.45) is 7.79. The van der Waals surface area contributed by atoms with Crippen molar-refractivity contribution in [2.24, 2.45) is 7.05 Å². The lowest BCUT2D eigenvalue weighted by Gasteiger charge is -2.32. The molecule has 5 amide bonds. The van der Waals surface area contributed by atoms with Crippen molar-refractivity contribution >= 4 is 46.9 Å². The van der Waals surface area contributed by atoms with E-state index in [0.29, 0.717) is 66.7 Å². The van der Waals surface area contributed by atoms with Gasteiger partial charge in [0.2, 0.25) is 11.8 Å². The molecule has 3 saturated heterocycles. The minimum atomic E-state index is -0.590. The van der Waals surface area contributed by atoms with Crippen molar-refractivity contribution in [1.82, 2.24) is 34.5 Å². The number of amides is 5. The molecule has 15 nitrogen and oxygen atoms in total. The molecule has 16 heteroatoms. The van der Waals surface area contributed by atoms with Crippen molar-refractivity contribution in [2.75, 3.05) is 43.1 Å². The maximum atomic E-state index is 13.9. The molecule has 3 fully saturated rings. The van der Waals surface area contributed by atoms with Crippen LogP contribution in [-0.2, 0) is 23.1 Å². The topological polar surface area (TPSA) is 165 Å². The maximum absolute atomic E-state index is 13.9. The number of rotatable bonds is 10. The first-order valence-corrected chi connectivity index (χ1v) is 21.8. The van der Waals surface area contributed by atoms with E-state index in [4.69, 9.17) is 21.3 Å². The number of aromatic nitrogens is 5. The summed E-state index contributed by atoms with van der Waals surface area (Å²) in [5.41, 5.74) is 7.62. The molecule has 6 heterocycles. The highest BCUT2D eigenvalue weighted by Crippen LogP contribution is 2.41. The largest absolute Gasteiger partial charge is 0.467 e. The summed E-state index contributed by atoms with van der Waals surface area (Å²) in [5, 5.41) is 7.04. The van der Waals surface area contributed by atoms with Gasteiger partial charge in [-0.1, -0.05) is 48.9 Å². The van der Waals surface area contributed by atoms with Crippen LogP contribution in [0, 0.1) is 0 Å². The first-order chi connectivity index (χ1) is 31.0. The number of piperidine rings is 2. The first kappa shape index (κ1) is 42.2. The van der Waals surface area contributed by atoms with E-state index in [9.17, 15) is 24.0 Å². The molecule has 0 radical (unpaired) electrons. The fraction of sp³-hybridized carbons (Fsp3) is 0.292. The molecule has 3 aromatic heterocycles. The molecule has 0 saturated carbocycles. The summed E-state index contributed by atoms with van der Waals surface area (Å²) in [6.45, 7) is 4.13. The molecule has 3 aliphatic heterocycles. The number of benzene rings is 3. The first-order valence-electron chi connectivity index (χ1n) is 21.4. The number of nitrogens with one attached hydrogen (secondary N) is 1. The highest BCUT2D eigenvalue weighted by Gasteiger charge is 2.34. The molecule has 64 heavy (non-hydrogen) atoms. The lowest BCUT2D eigenvalue weighted by Crippen LogP contribution is -2.40. The Morgan fingerprint density at radius 2 is 1.62 bits per heavy atom. The van der Waals surface area contributed by atoms with Gasteiger partial charge in [-0.3, -0.25) is 34.5 Å². The summed E-state index contributed by atoms with van der Waals surface area (Å²) in [7, 11) is 3.06. The number of ether oxygens (including phenoxy) is 1. The van der Waals surface area contributed by atoms with Crippen molar-refractivity contribution in [3.63, 3.8) is 0 Å². The molecule has 6 aromatic rings. The minimum absolute atomic E-state index is 0.124. The molecule has 9 rings (SSSR count). The van der Waals surface area contributed by atoms with Crippen molar-refractivity contribution in [3.05, 3.63) is 135 Å². The van der Waals surface area contributed by atoms with E-state index in [-0.39, 0.29) is 41.9 Å². The van der Waals surface area contributed by atoms with Crippen LogP contribution in [0.4, 0.5) is 16.3 Å². The van der Waals surface area contributed by atoms with Gasteiger partial charge in [0.1, 0.15) is 5.82 Å².